The molecule has 9 aromatic rings. The molecule has 17 heteroatoms. The Kier molecular flexibility index (Phi) is 23.0. The number of nitrogens with one attached hydrogen (secondary N) is 3. The number of rotatable bonds is 12. The minimum atomic E-state index is 0.133. The number of amides is 3. The Morgan fingerprint density at radius 1 is 0.372 bits per heavy atom. The molecule has 3 amide bonds. The molecule has 3 aliphatic carbocycles. The second-order valence-electron chi connectivity index (χ2n) is 34.2. The van der Waals surface area contributed by atoms with Crippen molar-refractivity contribution in [1.29, 1.82) is 10.5 Å². The molecular weight excluding hydrogens is 1400 g/mol. The number of terminal acetylenes is 1. The predicted molar refractivity (Wildman–Crippen MR) is 446 cm³/mol. The van der Waals surface area contributed by atoms with Crippen molar-refractivity contribution in [2.24, 2.45) is 0 Å². The highest BCUT2D eigenvalue weighted by atomic mass is 16.2. The second kappa shape index (κ2) is 33.8. The number of likely N-dealkylation sites (tertiary alicyclic amines) is 3. The molecular formula is C96H110N14O3. The normalized spacial score (nSPS) is 18.9. The first-order valence-electron chi connectivity index (χ1n) is 42.2. The van der Waals surface area contributed by atoms with Crippen LogP contribution in [0.4, 0.5) is 0 Å². The lowest BCUT2D eigenvalue weighted by atomic mass is 9.77. The number of nitrogens with zero attached hydrogens (tertiary/aromatic N) is 11. The average Bonchev–Trinajstić information content (AvgIpc) is 1.76. The molecule has 582 valence electrons. The maximum atomic E-state index is 13.8. The fourth-order valence-electron chi connectivity index (χ4n) is 18.9. The van der Waals surface area contributed by atoms with E-state index >= 15 is 0 Å². The Morgan fingerprint density at radius 2 is 0.664 bits per heavy atom. The van der Waals surface area contributed by atoms with E-state index < -0.39 is 0 Å². The topological polar surface area (TPSA) is 204 Å². The number of carbonyl (C=O) groups excluding carboxylic acids is 3. The van der Waals surface area contributed by atoms with Crippen LogP contribution in [0.25, 0.3) is 34.2 Å². The van der Waals surface area contributed by atoms with Gasteiger partial charge in [0, 0.05) is 161 Å². The van der Waals surface area contributed by atoms with E-state index in [0.717, 1.165) is 222 Å². The minimum absolute atomic E-state index is 0.133. The molecule has 3 N–H and O–H groups in total. The van der Waals surface area contributed by atoms with Crippen LogP contribution in [0.5, 0.6) is 0 Å². The lowest BCUT2D eigenvalue weighted by Gasteiger charge is -2.33. The van der Waals surface area contributed by atoms with Crippen LogP contribution in [0.1, 0.15) is 264 Å². The van der Waals surface area contributed by atoms with Crippen LogP contribution in [0, 0.1) is 55.8 Å². The van der Waals surface area contributed by atoms with Crippen molar-refractivity contribution in [3.8, 4) is 58.6 Å². The van der Waals surface area contributed by atoms with Gasteiger partial charge in [0.15, 0.2) is 0 Å². The Morgan fingerprint density at radius 3 is 0.965 bits per heavy atom. The zero-order chi connectivity index (χ0) is 78.0. The summed E-state index contributed by atoms with van der Waals surface area (Å²) in [6.45, 7) is 16.9. The molecule has 6 fully saturated rings. The maximum Gasteiger partial charge on any atom is 0.254 e. The number of hydrogen-bond acceptors (Lipinski definition) is 11. The van der Waals surface area contributed by atoms with Crippen LogP contribution in [-0.4, -0.2) is 170 Å². The number of H-pyrrole nitrogens is 3. The van der Waals surface area contributed by atoms with Gasteiger partial charge in [-0.2, -0.15) is 10.5 Å². The Hall–Kier alpha value is -10.2. The summed E-state index contributed by atoms with van der Waals surface area (Å²) in [6, 6.07) is 41.8. The molecule has 0 unspecified atom stereocenters. The standard InChI is InChI=1S/C33H38N4O.C32H37N5O.C31H35N5O/c1-4-23-8-10-24(11-9-23)25-12-18-37(19-13-25)33(38)27-21-29(28(20-22(27)2)26-6-5-7-26)32-34-30-14-16-36(3)17-15-31(30)35-32;1-21-18-27(25-4-3-5-25)28(31-34-29-12-14-36(2)15-13-30(29)35-31)19-26(21)32(38)37-16-10-24(11-17-37)23-8-6-22(20-33)7-9-23;1-20-16-26(24-4-3-5-24)27(30-33-28-12-13-35(2)19-29(28)34-30)17-25(20)31(37)36-14-10-23(11-15-36)22-8-6-21(18-32)7-9-22/h1,8-11,20-21,25-26H,5-7,12-19H2,2-3H3,(H,34,35);6-9,18-19,24-25H,3-5,10-17H2,1-2H3,(H,34,35);6-9,16-17,23-24H,3-5,10-15,19H2,1-2H3,(H,33,34). The van der Waals surface area contributed by atoms with Crippen molar-refractivity contribution >= 4 is 17.7 Å². The molecule has 3 aromatic heterocycles. The fourth-order valence-corrected chi connectivity index (χ4v) is 18.9. The van der Waals surface area contributed by atoms with E-state index in [4.69, 9.17) is 31.9 Å². The van der Waals surface area contributed by atoms with Gasteiger partial charge in [0.2, 0.25) is 0 Å². The number of likely N-dealkylation sites (N-methyl/N-ethyl adjacent to an activating group) is 3. The SMILES string of the molecule is C#Cc1ccc(C2CCN(C(=O)c3cc(-c4nc5c([nH]4)CCN(C)CC5)c(C4CCC4)cc3C)CC2)cc1.Cc1cc(C2CCC2)c(-c2nc3c([nH]2)CCN(C)CC3)cc1C(=O)N1CCC(c2ccc(C#N)cc2)CC1.Cc1cc(C2CCC2)c(-c2nc3c([nH]2)CN(C)CC3)cc1C(=O)N1CCC(c2ccc(C#N)cc2)CC1. The van der Waals surface area contributed by atoms with Gasteiger partial charge in [-0.1, -0.05) is 79.8 Å². The molecule has 18 rings (SSSR count). The van der Waals surface area contributed by atoms with E-state index in [1.54, 1.807) is 0 Å². The quantitative estimate of drug-likeness (QED) is 0.0982. The van der Waals surface area contributed by atoms with Crippen molar-refractivity contribution < 1.29 is 14.4 Å². The first-order valence-corrected chi connectivity index (χ1v) is 42.2. The number of carbonyl (C=O) groups is 3. The predicted octanol–water partition coefficient (Wildman–Crippen LogP) is 16.8. The highest BCUT2D eigenvalue weighted by Crippen LogP contribution is 2.46. The fraction of sp³-hybridized carbons (Fsp3) is 0.458. The van der Waals surface area contributed by atoms with Crippen molar-refractivity contribution in [2.45, 2.75) is 191 Å². The molecule has 0 atom stereocenters. The van der Waals surface area contributed by atoms with Crippen LogP contribution in [-0.2, 0) is 38.6 Å². The summed E-state index contributed by atoms with van der Waals surface area (Å²) in [5, 5.41) is 18.2. The highest BCUT2D eigenvalue weighted by Gasteiger charge is 2.35. The number of hydrogen-bond donors (Lipinski definition) is 3. The van der Waals surface area contributed by atoms with Gasteiger partial charge in [-0.3, -0.25) is 14.4 Å². The van der Waals surface area contributed by atoms with Crippen LogP contribution >= 0.6 is 0 Å². The first-order chi connectivity index (χ1) is 55.0. The van der Waals surface area contributed by atoms with Crippen molar-refractivity contribution in [3.63, 3.8) is 0 Å². The molecule has 113 heavy (non-hydrogen) atoms. The van der Waals surface area contributed by atoms with E-state index in [9.17, 15) is 14.4 Å². The Bertz CT molecular complexity index is 4840. The molecule has 9 heterocycles. The van der Waals surface area contributed by atoms with E-state index in [0.29, 0.717) is 46.6 Å². The van der Waals surface area contributed by atoms with Crippen LogP contribution in [0.3, 0.4) is 0 Å². The molecule has 6 aromatic carbocycles. The zero-order valence-electron chi connectivity index (χ0n) is 67.2. The zero-order valence-corrected chi connectivity index (χ0v) is 67.2. The van der Waals surface area contributed by atoms with Gasteiger partial charge in [0.05, 0.1) is 46.0 Å². The molecule has 17 nitrogen and oxygen atoms in total. The lowest BCUT2D eigenvalue weighted by Crippen LogP contribution is -2.38. The van der Waals surface area contributed by atoms with Crippen molar-refractivity contribution in [1.82, 2.24) is 59.3 Å². The number of fused-ring (bicyclic) bond motifs is 3. The minimum Gasteiger partial charge on any atom is -0.342 e. The molecule has 0 spiro atoms. The smallest absolute Gasteiger partial charge is 0.254 e. The Labute approximate surface area is 668 Å². The van der Waals surface area contributed by atoms with Gasteiger partial charge in [-0.15, -0.1) is 6.42 Å². The maximum absolute atomic E-state index is 13.8. The summed E-state index contributed by atoms with van der Waals surface area (Å²) in [4.78, 5) is 80.8. The molecule has 0 radical (unpaired) electrons. The Balaban J connectivity index is 0.000000128. The van der Waals surface area contributed by atoms with E-state index in [1.165, 1.54) is 125 Å². The largest absolute Gasteiger partial charge is 0.342 e. The van der Waals surface area contributed by atoms with Crippen molar-refractivity contribution in [2.75, 3.05) is 93.1 Å². The lowest BCUT2D eigenvalue weighted by molar-refractivity contribution is 0.0704. The van der Waals surface area contributed by atoms with Crippen LogP contribution < -0.4 is 0 Å². The number of aromatic amines is 3. The van der Waals surface area contributed by atoms with E-state index in [2.05, 4.69) is 167 Å². The van der Waals surface area contributed by atoms with Crippen LogP contribution in [0.15, 0.2) is 109 Å². The summed E-state index contributed by atoms with van der Waals surface area (Å²) >= 11 is 0. The number of aryl methyl sites for hydroxylation is 3. The van der Waals surface area contributed by atoms with Gasteiger partial charge in [-0.05, 0) is 259 Å². The van der Waals surface area contributed by atoms with Gasteiger partial charge >= 0.3 is 0 Å². The third kappa shape index (κ3) is 16.6. The van der Waals surface area contributed by atoms with E-state index in [1.807, 2.05) is 46.2 Å². The second-order valence-corrected chi connectivity index (χ2v) is 34.2. The van der Waals surface area contributed by atoms with Gasteiger partial charge < -0.3 is 44.4 Å². The third-order valence-corrected chi connectivity index (χ3v) is 26.9. The molecule has 6 aliphatic heterocycles. The first kappa shape index (κ1) is 76.8. The number of aromatic nitrogens is 6. The number of piperidine rings is 3. The number of benzene rings is 6. The van der Waals surface area contributed by atoms with E-state index in [-0.39, 0.29) is 17.7 Å². The van der Waals surface area contributed by atoms with Crippen LogP contribution in [0.2, 0.25) is 0 Å². The molecule has 3 saturated carbocycles. The summed E-state index contributed by atoms with van der Waals surface area (Å²) in [5.74, 6) is 8.96. The summed E-state index contributed by atoms with van der Waals surface area (Å²) in [5.41, 5.74) is 26.5. The number of imidazole rings is 3. The summed E-state index contributed by atoms with van der Waals surface area (Å²) in [6.07, 6.45) is 27.3. The molecule has 3 saturated heterocycles. The number of nitriles is 2. The van der Waals surface area contributed by atoms with Crippen molar-refractivity contribution in [3.05, 3.63) is 227 Å². The average molecular weight is 1510 g/mol. The van der Waals surface area contributed by atoms with Gasteiger partial charge in [-0.25, -0.2) is 15.0 Å². The summed E-state index contributed by atoms with van der Waals surface area (Å²) in [7, 11) is 6.50. The van der Waals surface area contributed by atoms with Gasteiger partial charge in [0.1, 0.15) is 17.5 Å². The highest BCUT2D eigenvalue weighted by molar-refractivity contribution is 5.99. The third-order valence-electron chi connectivity index (χ3n) is 26.9. The van der Waals surface area contributed by atoms with Gasteiger partial charge in [0.25, 0.3) is 17.7 Å². The molecule has 9 aliphatic rings. The monoisotopic (exact) mass is 1510 g/mol. The summed E-state index contributed by atoms with van der Waals surface area (Å²) < 4.78 is 0. The molecule has 0 bridgehead atoms.